The molecule has 27 heavy (non-hydrogen) atoms. The molecule has 0 saturated heterocycles. The fourth-order valence-electron chi connectivity index (χ4n) is 2.84. The summed E-state index contributed by atoms with van der Waals surface area (Å²) in [5.74, 6) is -0.613. The lowest BCUT2D eigenvalue weighted by atomic mass is 9.89. The molecule has 2 heterocycles. The third-order valence-corrected chi connectivity index (χ3v) is 4.09. The van der Waals surface area contributed by atoms with E-state index in [1.165, 1.54) is 26.2 Å². The number of benzene rings is 1. The van der Waals surface area contributed by atoms with Crippen LogP contribution in [0.25, 0.3) is 0 Å². The maximum atomic E-state index is 14.5. The standard InChI is InChI=1S/C18H17F3N4O2/c1-18(15(16(20)21)27-9-14(22)25-18)11-8-10(5-6-12(11)19)24-17-13(26-2)4-3-7-23-17/h3-8H,9H2,1-2H3,(H2,22,25)(H,23,24). The van der Waals surface area contributed by atoms with Gasteiger partial charge in [0.1, 0.15) is 18.3 Å². The van der Waals surface area contributed by atoms with Gasteiger partial charge in [0.2, 0.25) is 0 Å². The van der Waals surface area contributed by atoms with Crippen LogP contribution in [-0.2, 0) is 10.3 Å². The van der Waals surface area contributed by atoms with Gasteiger partial charge in [0.05, 0.1) is 7.11 Å². The Morgan fingerprint density at radius 2 is 2.11 bits per heavy atom. The largest absolute Gasteiger partial charge is 0.493 e. The number of anilines is 2. The monoisotopic (exact) mass is 378 g/mol. The first-order chi connectivity index (χ1) is 12.8. The number of aromatic nitrogens is 1. The Morgan fingerprint density at radius 3 is 2.81 bits per heavy atom. The molecule has 0 aliphatic carbocycles. The van der Waals surface area contributed by atoms with Crippen molar-refractivity contribution in [1.29, 1.82) is 0 Å². The molecule has 3 N–H and O–H groups in total. The molecule has 1 aliphatic rings. The van der Waals surface area contributed by atoms with Gasteiger partial charge in [-0.3, -0.25) is 0 Å². The molecule has 3 rings (SSSR count). The molecule has 0 bridgehead atoms. The molecule has 9 heteroatoms. The summed E-state index contributed by atoms with van der Waals surface area (Å²) in [6.07, 6.45) is -0.534. The summed E-state index contributed by atoms with van der Waals surface area (Å²) in [5, 5.41) is 2.98. The summed E-state index contributed by atoms with van der Waals surface area (Å²) in [6.45, 7) is 1.03. The highest BCUT2D eigenvalue weighted by Gasteiger charge is 2.41. The van der Waals surface area contributed by atoms with Crippen LogP contribution < -0.4 is 15.8 Å². The van der Waals surface area contributed by atoms with Crippen molar-refractivity contribution in [3.8, 4) is 5.75 Å². The number of hydrogen-bond donors (Lipinski definition) is 2. The van der Waals surface area contributed by atoms with Crippen LogP contribution in [0.4, 0.5) is 24.7 Å². The molecule has 0 radical (unpaired) electrons. The molecule has 1 unspecified atom stereocenters. The number of rotatable bonds is 4. The van der Waals surface area contributed by atoms with Gasteiger partial charge in [-0.15, -0.1) is 0 Å². The van der Waals surface area contributed by atoms with E-state index in [2.05, 4.69) is 15.3 Å². The summed E-state index contributed by atoms with van der Waals surface area (Å²) in [6, 6.07) is 7.34. The third kappa shape index (κ3) is 3.53. The molecule has 0 fully saturated rings. The zero-order valence-corrected chi connectivity index (χ0v) is 14.6. The van der Waals surface area contributed by atoms with E-state index < -0.39 is 23.2 Å². The van der Waals surface area contributed by atoms with E-state index in [-0.39, 0.29) is 18.0 Å². The van der Waals surface area contributed by atoms with Crippen molar-refractivity contribution in [2.45, 2.75) is 12.5 Å². The van der Waals surface area contributed by atoms with Gasteiger partial charge in [0.15, 0.2) is 22.9 Å². The number of nitrogens with two attached hydrogens (primary N) is 1. The molecular formula is C18H17F3N4O2. The molecule has 142 valence electrons. The van der Waals surface area contributed by atoms with Gasteiger partial charge in [0, 0.05) is 17.4 Å². The highest BCUT2D eigenvalue weighted by molar-refractivity contribution is 5.83. The minimum absolute atomic E-state index is 0.00772. The summed E-state index contributed by atoms with van der Waals surface area (Å²) in [7, 11) is 1.48. The lowest BCUT2D eigenvalue weighted by Crippen LogP contribution is -2.37. The van der Waals surface area contributed by atoms with Crippen LogP contribution >= 0.6 is 0 Å². The van der Waals surface area contributed by atoms with Crippen molar-refractivity contribution in [3.63, 3.8) is 0 Å². The SMILES string of the molecule is COc1cccnc1Nc1ccc(F)c(C2(C)N=C(N)COC2=C(F)F)c1. The number of amidine groups is 1. The van der Waals surface area contributed by atoms with Gasteiger partial charge >= 0.3 is 6.08 Å². The minimum atomic E-state index is -2.09. The average Bonchev–Trinajstić information content (AvgIpc) is 2.63. The van der Waals surface area contributed by atoms with Crippen LogP contribution in [0.1, 0.15) is 12.5 Å². The average molecular weight is 378 g/mol. The fraction of sp³-hybridized carbons (Fsp3) is 0.222. The van der Waals surface area contributed by atoms with Gasteiger partial charge in [-0.05, 0) is 37.3 Å². The number of nitrogens with one attached hydrogen (secondary N) is 1. The van der Waals surface area contributed by atoms with Crippen molar-refractivity contribution < 1.29 is 22.6 Å². The van der Waals surface area contributed by atoms with Gasteiger partial charge in [-0.1, -0.05) is 0 Å². The normalized spacial score (nSPS) is 19.1. The van der Waals surface area contributed by atoms with Crippen LogP contribution in [0, 0.1) is 5.82 Å². The Labute approximate surface area is 153 Å². The summed E-state index contributed by atoms with van der Waals surface area (Å²) >= 11 is 0. The van der Waals surface area contributed by atoms with E-state index in [4.69, 9.17) is 15.2 Å². The van der Waals surface area contributed by atoms with E-state index in [1.54, 1.807) is 18.3 Å². The first-order valence-corrected chi connectivity index (χ1v) is 7.94. The van der Waals surface area contributed by atoms with Gasteiger partial charge < -0.3 is 20.5 Å². The van der Waals surface area contributed by atoms with Crippen LogP contribution in [-0.4, -0.2) is 24.5 Å². The Morgan fingerprint density at radius 1 is 1.33 bits per heavy atom. The number of pyridine rings is 1. The molecule has 0 saturated carbocycles. The predicted molar refractivity (Wildman–Crippen MR) is 94.6 cm³/mol. The van der Waals surface area contributed by atoms with Crippen molar-refractivity contribution >= 4 is 17.3 Å². The number of hydrogen-bond acceptors (Lipinski definition) is 6. The first kappa shape index (κ1) is 18.6. The van der Waals surface area contributed by atoms with E-state index in [0.717, 1.165) is 6.07 Å². The Balaban J connectivity index is 2.08. The number of ether oxygens (including phenoxy) is 2. The zero-order chi connectivity index (χ0) is 19.6. The van der Waals surface area contributed by atoms with Crippen molar-refractivity contribution in [2.24, 2.45) is 10.7 Å². The van der Waals surface area contributed by atoms with Crippen LogP contribution in [0.2, 0.25) is 0 Å². The highest BCUT2D eigenvalue weighted by atomic mass is 19.3. The van der Waals surface area contributed by atoms with Crippen LogP contribution in [0.5, 0.6) is 5.75 Å². The van der Waals surface area contributed by atoms with Gasteiger partial charge in [-0.25, -0.2) is 14.4 Å². The molecule has 1 aliphatic heterocycles. The number of methoxy groups -OCH3 is 1. The topological polar surface area (TPSA) is 81.8 Å². The number of nitrogens with zero attached hydrogens (tertiary/aromatic N) is 2. The van der Waals surface area contributed by atoms with Crippen LogP contribution in [0.15, 0.2) is 53.4 Å². The van der Waals surface area contributed by atoms with E-state index in [1.807, 2.05) is 0 Å². The summed E-state index contributed by atoms with van der Waals surface area (Å²) in [5.41, 5.74) is 4.15. The minimum Gasteiger partial charge on any atom is -0.493 e. The van der Waals surface area contributed by atoms with Crippen LogP contribution in [0.3, 0.4) is 0 Å². The predicted octanol–water partition coefficient (Wildman–Crippen LogP) is 3.68. The van der Waals surface area contributed by atoms with E-state index in [0.29, 0.717) is 17.3 Å². The molecule has 6 nitrogen and oxygen atoms in total. The lowest BCUT2D eigenvalue weighted by molar-refractivity contribution is 0.158. The highest BCUT2D eigenvalue weighted by Crippen LogP contribution is 2.41. The molecule has 1 aromatic heterocycles. The first-order valence-electron chi connectivity index (χ1n) is 7.94. The molecule has 0 amide bonds. The maximum Gasteiger partial charge on any atom is 0.310 e. The second-order valence-electron chi connectivity index (χ2n) is 5.93. The smallest absolute Gasteiger partial charge is 0.310 e. The third-order valence-electron chi connectivity index (χ3n) is 4.09. The maximum absolute atomic E-state index is 14.5. The van der Waals surface area contributed by atoms with Crippen molar-refractivity contribution in [2.75, 3.05) is 19.0 Å². The Kier molecular flexibility index (Phi) is 4.93. The molecule has 1 aromatic carbocycles. The van der Waals surface area contributed by atoms with Crippen molar-refractivity contribution in [1.82, 2.24) is 4.98 Å². The quantitative estimate of drug-likeness (QED) is 0.848. The summed E-state index contributed by atoms with van der Waals surface area (Å²) < 4.78 is 51.6. The van der Waals surface area contributed by atoms with Gasteiger partial charge in [-0.2, -0.15) is 8.78 Å². The summed E-state index contributed by atoms with van der Waals surface area (Å²) in [4.78, 5) is 8.20. The molecular weight excluding hydrogens is 361 g/mol. The second kappa shape index (κ2) is 7.18. The van der Waals surface area contributed by atoms with Crippen molar-refractivity contribution in [3.05, 3.63) is 59.7 Å². The Hall–Kier alpha value is -3.23. The van der Waals surface area contributed by atoms with E-state index in [9.17, 15) is 13.2 Å². The molecule has 0 spiro atoms. The number of aliphatic imine (C=N–C) groups is 1. The fourth-order valence-corrected chi connectivity index (χ4v) is 2.84. The number of halogens is 3. The second-order valence-corrected chi connectivity index (χ2v) is 5.93. The van der Waals surface area contributed by atoms with Gasteiger partial charge in [0.25, 0.3) is 0 Å². The molecule has 2 aromatic rings. The zero-order valence-electron chi connectivity index (χ0n) is 14.6. The Bertz CT molecular complexity index is 929. The molecule has 1 atom stereocenters. The lowest BCUT2D eigenvalue weighted by Gasteiger charge is -2.32. The van der Waals surface area contributed by atoms with E-state index >= 15 is 0 Å².